The van der Waals surface area contributed by atoms with Gasteiger partial charge in [-0.3, -0.25) is 0 Å². The molecule has 0 saturated carbocycles. The lowest BCUT2D eigenvalue weighted by molar-refractivity contribution is -0.132. The first-order valence-electron chi connectivity index (χ1n) is 4.06. The van der Waals surface area contributed by atoms with Crippen molar-refractivity contribution in [2.45, 2.75) is 13.3 Å². The molecule has 0 amide bonds. The highest BCUT2D eigenvalue weighted by molar-refractivity contribution is 6.29. The Morgan fingerprint density at radius 3 is 2.71 bits per heavy atom. The van der Waals surface area contributed by atoms with Crippen LogP contribution in [0.25, 0.3) is 6.08 Å². The van der Waals surface area contributed by atoms with Crippen LogP contribution in [0.5, 0.6) is 0 Å². The number of nitrogens with zero attached hydrogens (tertiary/aromatic N) is 2. The summed E-state index contributed by atoms with van der Waals surface area (Å²) >= 11 is 5.53. The highest BCUT2D eigenvalue weighted by Crippen LogP contribution is 2.09. The maximum atomic E-state index is 10.7. The number of carbonyl (C=O) groups is 1. The smallest absolute Gasteiger partial charge is 0.331 e. The van der Waals surface area contributed by atoms with Gasteiger partial charge in [0.15, 0.2) is 5.15 Å². The topological polar surface area (TPSA) is 63.1 Å². The number of carboxylic acids is 1. The maximum Gasteiger partial charge on any atom is 0.331 e. The Morgan fingerprint density at radius 2 is 2.29 bits per heavy atom. The molecule has 0 atom stereocenters. The molecular formula is C9H9ClN2O2. The molecule has 1 aromatic heterocycles. The van der Waals surface area contributed by atoms with Crippen molar-refractivity contribution in [3.8, 4) is 0 Å². The first-order valence-corrected chi connectivity index (χ1v) is 4.44. The lowest BCUT2D eigenvalue weighted by Crippen LogP contribution is -1.99. The molecule has 1 N–H and O–H groups in total. The Morgan fingerprint density at radius 1 is 1.57 bits per heavy atom. The first-order chi connectivity index (χ1) is 6.63. The molecule has 0 bridgehead atoms. The van der Waals surface area contributed by atoms with E-state index in [1.54, 1.807) is 19.1 Å². The molecule has 4 nitrogen and oxygen atoms in total. The van der Waals surface area contributed by atoms with Crippen LogP contribution >= 0.6 is 11.6 Å². The Bertz CT molecular complexity index is 360. The summed E-state index contributed by atoms with van der Waals surface area (Å²) in [6.45, 7) is 1.77. The molecule has 1 heterocycles. The van der Waals surface area contributed by atoms with Gasteiger partial charge in [0.1, 0.15) is 0 Å². The molecule has 0 unspecified atom stereocenters. The number of hydrogen-bond acceptors (Lipinski definition) is 3. The molecule has 0 saturated heterocycles. The summed E-state index contributed by atoms with van der Waals surface area (Å²) in [6, 6.07) is 3.18. The molecule has 0 aliphatic rings. The molecule has 0 aliphatic heterocycles. The van der Waals surface area contributed by atoms with Crippen LogP contribution in [0.2, 0.25) is 5.15 Å². The van der Waals surface area contributed by atoms with E-state index >= 15 is 0 Å². The number of halogens is 1. The van der Waals surface area contributed by atoms with Crippen molar-refractivity contribution < 1.29 is 9.90 Å². The van der Waals surface area contributed by atoms with Gasteiger partial charge in [0.2, 0.25) is 0 Å². The molecule has 5 heteroatoms. The van der Waals surface area contributed by atoms with Crippen LogP contribution in [0.4, 0.5) is 0 Å². The van der Waals surface area contributed by atoms with Gasteiger partial charge in [0.05, 0.1) is 5.69 Å². The van der Waals surface area contributed by atoms with Crippen LogP contribution < -0.4 is 0 Å². The lowest BCUT2D eigenvalue weighted by Gasteiger charge is -1.96. The number of hydrogen-bond donors (Lipinski definition) is 1. The molecule has 0 spiro atoms. The van der Waals surface area contributed by atoms with E-state index in [1.807, 2.05) is 0 Å². The number of aromatic nitrogens is 2. The fourth-order valence-corrected chi connectivity index (χ4v) is 0.998. The van der Waals surface area contributed by atoms with Gasteiger partial charge in [0, 0.05) is 5.57 Å². The van der Waals surface area contributed by atoms with E-state index in [2.05, 4.69) is 10.2 Å². The predicted molar refractivity (Wildman–Crippen MR) is 52.9 cm³/mol. The normalized spacial score (nSPS) is 11.4. The molecule has 0 fully saturated rings. The van der Waals surface area contributed by atoms with Gasteiger partial charge in [-0.2, -0.15) is 0 Å². The van der Waals surface area contributed by atoms with Gasteiger partial charge in [-0.25, -0.2) is 4.79 Å². The van der Waals surface area contributed by atoms with E-state index in [1.165, 1.54) is 6.08 Å². The third kappa shape index (κ3) is 2.81. The zero-order valence-corrected chi connectivity index (χ0v) is 8.32. The molecule has 1 rings (SSSR count). The molecule has 0 radical (unpaired) electrons. The van der Waals surface area contributed by atoms with Crippen molar-refractivity contribution >= 4 is 23.6 Å². The van der Waals surface area contributed by atoms with Gasteiger partial charge >= 0.3 is 5.97 Å². The van der Waals surface area contributed by atoms with Crippen LogP contribution in [0.15, 0.2) is 17.7 Å². The Labute approximate surface area is 86.2 Å². The molecule has 0 aromatic carbocycles. The highest BCUT2D eigenvalue weighted by Gasteiger charge is 2.04. The van der Waals surface area contributed by atoms with Crippen molar-refractivity contribution in [1.29, 1.82) is 0 Å². The zero-order valence-electron chi connectivity index (χ0n) is 7.57. The van der Waals surface area contributed by atoms with Crippen molar-refractivity contribution in [2.75, 3.05) is 0 Å². The van der Waals surface area contributed by atoms with E-state index in [9.17, 15) is 4.79 Å². The number of carboxylic acid groups (broad SMARTS) is 1. The number of aliphatic carboxylic acids is 1. The summed E-state index contributed by atoms with van der Waals surface area (Å²) in [5.74, 6) is -0.941. The fraction of sp³-hybridized carbons (Fsp3) is 0.222. The summed E-state index contributed by atoms with van der Waals surface area (Å²) in [7, 11) is 0. The molecule has 1 aromatic rings. The van der Waals surface area contributed by atoms with Gasteiger partial charge in [-0.1, -0.05) is 18.5 Å². The van der Waals surface area contributed by atoms with Crippen LogP contribution in [-0.4, -0.2) is 21.3 Å². The highest BCUT2D eigenvalue weighted by atomic mass is 35.5. The third-order valence-electron chi connectivity index (χ3n) is 1.63. The Kier molecular flexibility index (Phi) is 3.59. The zero-order chi connectivity index (χ0) is 10.6. The molecular weight excluding hydrogens is 204 g/mol. The van der Waals surface area contributed by atoms with Crippen molar-refractivity contribution in [1.82, 2.24) is 10.2 Å². The van der Waals surface area contributed by atoms with Crippen molar-refractivity contribution in [3.05, 3.63) is 28.6 Å². The minimum Gasteiger partial charge on any atom is -0.478 e. The second-order valence-corrected chi connectivity index (χ2v) is 3.00. The maximum absolute atomic E-state index is 10.7. The summed E-state index contributed by atoms with van der Waals surface area (Å²) in [4.78, 5) is 10.7. The van der Waals surface area contributed by atoms with Gasteiger partial charge in [-0.05, 0) is 24.6 Å². The lowest BCUT2D eigenvalue weighted by atomic mass is 10.1. The third-order valence-corrected chi connectivity index (χ3v) is 1.83. The average molecular weight is 213 g/mol. The Hall–Kier alpha value is -1.42. The minimum atomic E-state index is -0.941. The average Bonchev–Trinajstić information content (AvgIpc) is 2.16. The first kappa shape index (κ1) is 10.7. The summed E-state index contributed by atoms with van der Waals surface area (Å²) in [5, 5.41) is 16.4. The second kappa shape index (κ2) is 4.72. The van der Waals surface area contributed by atoms with Crippen LogP contribution in [0.1, 0.15) is 19.0 Å². The van der Waals surface area contributed by atoms with Crippen LogP contribution in [-0.2, 0) is 4.79 Å². The molecule has 0 aliphatic carbocycles. The summed E-state index contributed by atoms with van der Waals surface area (Å²) in [5.41, 5.74) is 0.787. The summed E-state index contributed by atoms with van der Waals surface area (Å²) in [6.07, 6.45) is 1.92. The standard InChI is InChI=1S/C9H9ClN2O2/c1-2-6(9(13)14)5-7-3-4-8(10)12-11-7/h3-5H,2H2,1H3,(H,13,14). The van der Waals surface area contributed by atoms with Crippen LogP contribution in [0.3, 0.4) is 0 Å². The fourth-order valence-electron chi connectivity index (χ4n) is 0.897. The second-order valence-electron chi connectivity index (χ2n) is 2.61. The Balaban J connectivity index is 2.95. The van der Waals surface area contributed by atoms with E-state index in [-0.39, 0.29) is 5.15 Å². The van der Waals surface area contributed by atoms with Crippen molar-refractivity contribution in [2.24, 2.45) is 0 Å². The van der Waals surface area contributed by atoms with E-state index in [4.69, 9.17) is 16.7 Å². The van der Waals surface area contributed by atoms with Gasteiger partial charge < -0.3 is 5.11 Å². The predicted octanol–water partition coefficient (Wildman–Crippen LogP) is 2.01. The van der Waals surface area contributed by atoms with E-state index < -0.39 is 5.97 Å². The van der Waals surface area contributed by atoms with Gasteiger partial charge in [0.25, 0.3) is 0 Å². The van der Waals surface area contributed by atoms with E-state index in [0.717, 1.165) is 0 Å². The number of rotatable bonds is 3. The van der Waals surface area contributed by atoms with E-state index in [0.29, 0.717) is 17.7 Å². The largest absolute Gasteiger partial charge is 0.478 e. The summed E-state index contributed by atoms with van der Waals surface area (Å²) < 4.78 is 0. The monoisotopic (exact) mass is 212 g/mol. The minimum absolute atomic E-state index is 0.288. The molecule has 14 heavy (non-hydrogen) atoms. The quantitative estimate of drug-likeness (QED) is 0.779. The SMILES string of the molecule is CCC(=Cc1ccc(Cl)nn1)C(=O)O. The molecule has 74 valence electrons. The van der Waals surface area contributed by atoms with Crippen molar-refractivity contribution in [3.63, 3.8) is 0 Å². The van der Waals surface area contributed by atoms with Gasteiger partial charge in [-0.15, -0.1) is 10.2 Å². The van der Waals surface area contributed by atoms with Crippen LogP contribution in [0, 0.1) is 0 Å².